The molecule has 0 saturated heterocycles. The third kappa shape index (κ3) is 2.74. The lowest BCUT2D eigenvalue weighted by Crippen LogP contribution is -2.24. The quantitative estimate of drug-likeness (QED) is 0.806. The highest BCUT2D eigenvalue weighted by Crippen LogP contribution is 2.35. The monoisotopic (exact) mass is 276 g/mol. The highest BCUT2D eigenvalue weighted by atomic mass is 32.1. The van der Waals surface area contributed by atoms with Crippen molar-refractivity contribution in [1.82, 2.24) is 5.32 Å². The van der Waals surface area contributed by atoms with Gasteiger partial charge < -0.3 is 10.4 Å². The van der Waals surface area contributed by atoms with E-state index in [-0.39, 0.29) is 5.56 Å². The molecule has 0 saturated carbocycles. The van der Waals surface area contributed by atoms with Gasteiger partial charge in [0, 0.05) is 18.0 Å². The van der Waals surface area contributed by atoms with Gasteiger partial charge in [-0.3, -0.25) is 5.32 Å². The lowest BCUT2D eigenvalue weighted by Gasteiger charge is -2.05. The summed E-state index contributed by atoms with van der Waals surface area (Å²) in [6, 6.07) is 8.76. The molecule has 2 aromatic rings. The van der Waals surface area contributed by atoms with Gasteiger partial charge in [-0.15, -0.1) is 11.3 Å². The van der Waals surface area contributed by atoms with Crippen LogP contribution in [0, 0.1) is 0 Å². The van der Waals surface area contributed by atoms with Crippen LogP contribution in [-0.2, 0) is 0 Å². The van der Waals surface area contributed by atoms with Crippen LogP contribution in [0.15, 0.2) is 35.7 Å². The van der Waals surface area contributed by atoms with Crippen LogP contribution in [0.1, 0.15) is 10.4 Å². The van der Waals surface area contributed by atoms with E-state index in [0.717, 1.165) is 5.56 Å². The van der Waals surface area contributed by atoms with Crippen molar-refractivity contribution >= 4 is 28.3 Å². The fourth-order valence-corrected chi connectivity index (χ4v) is 2.61. The van der Waals surface area contributed by atoms with Gasteiger partial charge in [-0.25, -0.2) is 9.59 Å². The topological polar surface area (TPSA) is 78.4 Å². The minimum absolute atomic E-state index is 0.111. The average Bonchev–Trinajstić information content (AvgIpc) is 2.83. The number of carboxylic acids is 1. The number of carbonyl (C=O) groups excluding carboxylic acids is 1. The first-order valence-corrected chi connectivity index (χ1v) is 6.40. The predicted octanol–water partition coefficient (Wildman–Crippen LogP) is 2.86. The van der Waals surface area contributed by atoms with Crippen LogP contribution in [0.25, 0.3) is 11.1 Å². The molecule has 3 N–H and O–H groups in total. The molecule has 5 nitrogen and oxygen atoms in total. The number of carboxylic acid groups (broad SMARTS) is 1. The van der Waals surface area contributed by atoms with Crippen LogP contribution in [0.4, 0.5) is 9.80 Å². The van der Waals surface area contributed by atoms with E-state index in [1.807, 2.05) is 30.3 Å². The molecule has 0 aliphatic heterocycles. The summed E-state index contributed by atoms with van der Waals surface area (Å²) in [4.78, 5) is 22.7. The van der Waals surface area contributed by atoms with Gasteiger partial charge in [0.15, 0.2) is 0 Å². The first-order valence-electron chi connectivity index (χ1n) is 5.52. The number of amides is 2. The van der Waals surface area contributed by atoms with E-state index in [1.54, 1.807) is 5.38 Å². The van der Waals surface area contributed by atoms with Crippen LogP contribution in [0.5, 0.6) is 0 Å². The molecule has 1 heterocycles. The second kappa shape index (κ2) is 5.53. The molecule has 0 spiro atoms. The number of hydrogen-bond acceptors (Lipinski definition) is 3. The second-order valence-electron chi connectivity index (χ2n) is 3.73. The van der Waals surface area contributed by atoms with Gasteiger partial charge in [0.05, 0.1) is 0 Å². The Bertz CT molecular complexity index is 608. The minimum Gasteiger partial charge on any atom is -0.478 e. The fourth-order valence-electron chi connectivity index (χ4n) is 1.66. The van der Waals surface area contributed by atoms with Crippen molar-refractivity contribution in [3.8, 4) is 11.1 Å². The molecule has 1 aromatic carbocycles. The lowest BCUT2D eigenvalue weighted by molar-refractivity contribution is 0.0699. The highest BCUT2D eigenvalue weighted by molar-refractivity contribution is 7.15. The van der Waals surface area contributed by atoms with Crippen LogP contribution in [0.3, 0.4) is 0 Å². The molecule has 98 valence electrons. The van der Waals surface area contributed by atoms with Crippen molar-refractivity contribution < 1.29 is 14.7 Å². The Morgan fingerprint density at radius 2 is 1.89 bits per heavy atom. The molecule has 6 heteroatoms. The van der Waals surface area contributed by atoms with Crippen molar-refractivity contribution in [2.24, 2.45) is 0 Å². The van der Waals surface area contributed by atoms with Crippen LogP contribution in [0.2, 0.25) is 0 Å². The third-order valence-corrected chi connectivity index (χ3v) is 3.44. The van der Waals surface area contributed by atoms with Crippen LogP contribution in [-0.4, -0.2) is 24.2 Å². The molecule has 0 fully saturated rings. The van der Waals surface area contributed by atoms with Gasteiger partial charge in [-0.1, -0.05) is 30.3 Å². The molecule has 1 aromatic heterocycles. The SMILES string of the molecule is CNC(=O)Nc1scc(-c2ccccc2)c1C(=O)O. The second-order valence-corrected chi connectivity index (χ2v) is 4.61. The summed E-state index contributed by atoms with van der Waals surface area (Å²) in [6.07, 6.45) is 0. The van der Waals surface area contributed by atoms with Gasteiger partial charge in [-0.2, -0.15) is 0 Å². The zero-order valence-corrected chi connectivity index (χ0v) is 11.0. The number of carbonyl (C=O) groups is 2. The molecule has 0 aliphatic rings. The number of aromatic carboxylic acids is 1. The Morgan fingerprint density at radius 1 is 1.21 bits per heavy atom. The van der Waals surface area contributed by atoms with Gasteiger partial charge >= 0.3 is 12.0 Å². The first kappa shape index (κ1) is 13.1. The molecule has 0 aliphatic carbocycles. The Hall–Kier alpha value is -2.34. The standard InChI is InChI=1S/C13H12N2O3S/c1-14-13(18)15-11-10(12(16)17)9(7-19-11)8-5-3-2-4-6-8/h2-7H,1H3,(H,16,17)(H2,14,15,18). The number of rotatable bonds is 3. The van der Waals surface area contributed by atoms with E-state index >= 15 is 0 Å². The maximum atomic E-state index is 11.4. The maximum Gasteiger partial charge on any atom is 0.339 e. The van der Waals surface area contributed by atoms with Gasteiger partial charge in [-0.05, 0) is 5.56 Å². The molecular weight excluding hydrogens is 264 g/mol. The van der Waals surface area contributed by atoms with Gasteiger partial charge in [0.25, 0.3) is 0 Å². The Kier molecular flexibility index (Phi) is 3.82. The third-order valence-electron chi connectivity index (χ3n) is 2.54. The van der Waals surface area contributed by atoms with Crippen molar-refractivity contribution in [2.45, 2.75) is 0 Å². The maximum absolute atomic E-state index is 11.4. The van der Waals surface area contributed by atoms with E-state index in [1.165, 1.54) is 18.4 Å². The minimum atomic E-state index is -1.06. The molecule has 0 bridgehead atoms. The Morgan fingerprint density at radius 3 is 2.47 bits per heavy atom. The van der Waals surface area contributed by atoms with E-state index in [9.17, 15) is 14.7 Å². The van der Waals surface area contributed by atoms with Crippen molar-refractivity contribution in [3.05, 3.63) is 41.3 Å². The number of urea groups is 1. The molecule has 2 amide bonds. The number of hydrogen-bond donors (Lipinski definition) is 3. The highest BCUT2D eigenvalue weighted by Gasteiger charge is 2.20. The van der Waals surface area contributed by atoms with E-state index in [4.69, 9.17) is 0 Å². The Labute approximate surface area is 113 Å². The van der Waals surface area contributed by atoms with Crippen molar-refractivity contribution in [3.63, 3.8) is 0 Å². The summed E-state index contributed by atoms with van der Waals surface area (Å²) in [5.41, 5.74) is 1.52. The zero-order valence-electron chi connectivity index (χ0n) is 10.1. The van der Waals surface area contributed by atoms with Crippen molar-refractivity contribution in [2.75, 3.05) is 12.4 Å². The predicted molar refractivity (Wildman–Crippen MR) is 74.8 cm³/mol. The van der Waals surface area contributed by atoms with Gasteiger partial charge in [0.1, 0.15) is 10.6 Å². The molecule has 19 heavy (non-hydrogen) atoms. The Balaban J connectivity index is 2.46. The summed E-state index contributed by atoms with van der Waals surface area (Å²) in [5, 5.41) is 16.3. The first-order chi connectivity index (χ1) is 9.13. The number of anilines is 1. The largest absolute Gasteiger partial charge is 0.478 e. The van der Waals surface area contributed by atoms with E-state index in [2.05, 4.69) is 10.6 Å². The molecule has 2 rings (SSSR count). The summed E-state index contributed by atoms with van der Waals surface area (Å²) in [7, 11) is 1.47. The van der Waals surface area contributed by atoms with Crippen LogP contribution >= 0.6 is 11.3 Å². The fraction of sp³-hybridized carbons (Fsp3) is 0.0769. The number of nitrogens with one attached hydrogen (secondary N) is 2. The summed E-state index contributed by atoms with van der Waals surface area (Å²) in [5.74, 6) is -1.06. The van der Waals surface area contributed by atoms with Gasteiger partial charge in [0.2, 0.25) is 0 Å². The summed E-state index contributed by atoms with van der Waals surface area (Å²) >= 11 is 1.19. The average molecular weight is 276 g/mol. The summed E-state index contributed by atoms with van der Waals surface area (Å²) in [6.45, 7) is 0. The molecule has 0 radical (unpaired) electrons. The van der Waals surface area contributed by atoms with Crippen LogP contribution < -0.4 is 10.6 Å². The molecule has 0 atom stereocenters. The molecular formula is C13H12N2O3S. The number of benzene rings is 1. The summed E-state index contributed by atoms with van der Waals surface area (Å²) < 4.78 is 0. The normalized spacial score (nSPS) is 9.95. The lowest BCUT2D eigenvalue weighted by atomic mass is 10.0. The van der Waals surface area contributed by atoms with E-state index in [0.29, 0.717) is 10.6 Å². The van der Waals surface area contributed by atoms with E-state index < -0.39 is 12.0 Å². The van der Waals surface area contributed by atoms with Crippen molar-refractivity contribution in [1.29, 1.82) is 0 Å². The number of thiophene rings is 1. The molecule has 0 unspecified atom stereocenters. The smallest absolute Gasteiger partial charge is 0.339 e. The zero-order chi connectivity index (χ0) is 13.8.